The summed E-state index contributed by atoms with van der Waals surface area (Å²) in [6.07, 6.45) is 2.29. The first kappa shape index (κ1) is 17.0. The molecule has 1 rings (SSSR count). The Bertz CT molecular complexity index is 446. The SMILES string of the molecule is CC(NC(=O)CCC(C)(C)CCN)c1ccccc1Cl. The molecule has 0 spiro atoms. The number of hydrogen-bond donors (Lipinski definition) is 2. The fourth-order valence-electron chi connectivity index (χ4n) is 2.19. The van der Waals surface area contributed by atoms with Gasteiger partial charge in [0, 0.05) is 11.4 Å². The zero-order valence-electron chi connectivity index (χ0n) is 12.6. The second-order valence-corrected chi connectivity index (χ2v) is 6.42. The van der Waals surface area contributed by atoms with Gasteiger partial charge in [-0.2, -0.15) is 0 Å². The number of benzene rings is 1. The minimum Gasteiger partial charge on any atom is -0.350 e. The number of halogens is 1. The van der Waals surface area contributed by atoms with E-state index in [-0.39, 0.29) is 17.4 Å². The van der Waals surface area contributed by atoms with E-state index in [1.807, 2.05) is 31.2 Å². The number of carbonyl (C=O) groups excluding carboxylic acids is 1. The summed E-state index contributed by atoms with van der Waals surface area (Å²) in [4.78, 5) is 12.0. The van der Waals surface area contributed by atoms with Gasteiger partial charge in [-0.05, 0) is 43.4 Å². The summed E-state index contributed by atoms with van der Waals surface area (Å²) in [5.74, 6) is 0.0579. The molecule has 4 heteroatoms. The Labute approximate surface area is 126 Å². The van der Waals surface area contributed by atoms with Gasteiger partial charge in [0.25, 0.3) is 0 Å². The summed E-state index contributed by atoms with van der Waals surface area (Å²) in [6.45, 7) is 6.89. The number of hydrogen-bond acceptors (Lipinski definition) is 2. The monoisotopic (exact) mass is 296 g/mol. The van der Waals surface area contributed by atoms with Crippen LogP contribution in [0.25, 0.3) is 0 Å². The van der Waals surface area contributed by atoms with Crippen LogP contribution in [-0.2, 0) is 4.79 Å². The van der Waals surface area contributed by atoms with Crippen LogP contribution in [0, 0.1) is 5.41 Å². The molecule has 0 aromatic heterocycles. The fourth-order valence-corrected chi connectivity index (χ4v) is 2.48. The molecule has 112 valence electrons. The summed E-state index contributed by atoms with van der Waals surface area (Å²) in [5, 5.41) is 3.68. The summed E-state index contributed by atoms with van der Waals surface area (Å²) >= 11 is 6.13. The largest absolute Gasteiger partial charge is 0.350 e. The van der Waals surface area contributed by atoms with E-state index in [4.69, 9.17) is 17.3 Å². The quantitative estimate of drug-likeness (QED) is 0.806. The average Bonchev–Trinajstić information content (AvgIpc) is 2.37. The summed E-state index contributed by atoms with van der Waals surface area (Å²) < 4.78 is 0. The van der Waals surface area contributed by atoms with Crippen LogP contribution in [0.4, 0.5) is 0 Å². The molecule has 0 aliphatic carbocycles. The van der Waals surface area contributed by atoms with E-state index in [0.29, 0.717) is 18.0 Å². The number of amides is 1. The molecule has 0 fully saturated rings. The van der Waals surface area contributed by atoms with Gasteiger partial charge in [0.05, 0.1) is 6.04 Å². The minimum absolute atomic E-state index is 0.0579. The summed E-state index contributed by atoms with van der Waals surface area (Å²) in [5.41, 5.74) is 6.64. The van der Waals surface area contributed by atoms with Crippen LogP contribution < -0.4 is 11.1 Å². The van der Waals surface area contributed by atoms with Crippen LogP contribution in [0.1, 0.15) is 51.6 Å². The highest BCUT2D eigenvalue weighted by molar-refractivity contribution is 6.31. The van der Waals surface area contributed by atoms with Crippen LogP contribution in [0.5, 0.6) is 0 Å². The zero-order valence-corrected chi connectivity index (χ0v) is 13.3. The van der Waals surface area contributed by atoms with Crippen LogP contribution in [0.2, 0.25) is 5.02 Å². The van der Waals surface area contributed by atoms with Crippen molar-refractivity contribution in [3.63, 3.8) is 0 Å². The van der Waals surface area contributed by atoms with Crippen LogP contribution >= 0.6 is 11.6 Å². The Morgan fingerprint density at radius 2 is 2.00 bits per heavy atom. The molecule has 1 aromatic carbocycles. The molecule has 0 aliphatic rings. The van der Waals surface area contributed by atoms with Crippen LogP contribution in [0.3, 0.4) is 0 Å². The molecule has 0 heterocycles. The fraction of sp³-hybridized carbons (Fsp3) is 0.562. The third-order valence-electron chi connectivity index (χ3n) is 3.60. The van der Waals surface area contributed by atoms with Crippen molar-refractivity contribution in [2.24, 2.45) is 11.1 Å². The van der Waals surface area contributed by atoms with Gasteiger partial charge in [-0.3, -0.25) is 4.79 Å². The molecule has 3 nitrogen and oxygen atoms in total. The molecule has 3 N–H and O–H groups in total. The lowest BCUT2D eigenvalue weighted by Crippen LogP contribution is -2.28. The Balaban J connectivity index is 2.49. The van der Waals surface area contributed by atoms with Gasteiger partial charge < -0.3 is 11.1 Å². The van der Waals surface area contributed by atoms with E-state index < -0.39 is 0 Å². The minimum atomic E-state index is -0.0752. The molecule has 1 unspecified atom stereocenters. The molecule has 1 amide bonds. The molecule has 0 radical (unpaired) electrons. The predicted molar refractivity (Wildman–Crippen MR) is 84.7 cm³/mol. The normalized spacial score (nSPS) is 13.1. The van der Waals surface area contributed by atoms with Crippen molar-refractivity contribution in [3.05, 3.63) is 34.9 Å². The zero-order chi connectivity index (χ0) is 15.2. The van der Waals surface area contributed by atoms with Gasteiger partial charge >= 0.3 is 0 Å². The lowest BCUT2D eigenvalue weighted by atomic mass is 9.84. The van der Waals surface area contributed by atoms with Gasteiger partial charge in [-0.1, -0.05) is 43.6 Å². The Hall–Kier alpha value is -1.06. The number of carbonyl (C=O) groups is 1. The third kappa shape index (κ3) is 5.51. The molecular weight excluding hydrogens is 272 g/mol. The van der Waals surface area contributed by atoms with Gasteiger partial charge in [-0.15, -0.1) is 0 Å². The second kappa shape index (κ2) is 7.65. The molecule has 1 aromatic rings. The molecule has 1 atom stereocenters. The lowest BCUT2D eigenvalue weighted by molar-refractivity contribution is -0.122. The van der Waals surface area contributed by atoms with E-state index in [1.165, 1.54) is 0 Å². The highest BCUT2D eigenvalue weighted by atomic mass is 35.5. The van der Waals surface area contributed by atoms with Crippen molar-refractivity contribution in [2.75, 3.05) is 6.54 Å². The van der Waals surface area contributed by atoms with Crippen molar-refractivity contribution in [1.82, 2.24) is 5.32 Å². The maximum atomic E-state index is 12.0. The lowest BCUT2D eigenvalue weighted by Gasteiger charge is -2.24. The molecule has 0 bridgehead atoms. The number of nitrogens with one attached hydrogen (secondary N) is 1. The molecule has 0 saturated carbocycles. The van der Waals surface area contributed by atoms with E-state index in [9.17, 15) is 4.79 Å². The topological polar surface area (TPSA) is 55.1 Å². The van der Waals surface area contributed by atoms with Crippen molar-refractivity contribution in [1.29, 1.82) is 0 Å². The molecule has 0 saturated heterocycles. The smallest absolute Gasteiger partial charge is 0.220 e. The first-order valence-corrected chi connectivity index (χ1v) is 7.47. The van der Waals surface area contributed by atoms with Crippen molar-refractivity contribution >= 4 is 17.5 Å². The van der Waals surface area contributed by atoms with E-state index in [1.54, 1.807) is 0 Å². The maximum absolute atomic E-state index is 12.0. The Morgan fingerprint density at radius 3 is 2.60 bits per heavy atom. The van der Waals surface area contributed by atoms with Crippen molar-refractivity contribution in [3.8, 4) is 0 Å². The highest BCUT2D eigenvalue weighted by Gasteiger charge is 2.19. The van der Waals surface area contributed by atoms with Crippen molar-refractivity contribution < 1.29 is 4.79 Å². The van der Waals surface area contributed by atoms with Crippen LogP contribution in [-0.4, -0.2) is 12.5 Å². The van der Waals surface area contributed by atoms with E-state index in [0.717, 1.165) is 18.4 Å². The summed E-state index contributed by atoms with van der Waals surface area (Å²) in [6, 6.07) is 7.51. The molecular formula is C16H25ClN2O. The highest BCUT2D eigenvalue weighted by Crippen LogP contribution is 2.26. The average molecular weight is 297 g/mol. The number of rotatable bonds is 7. The summed E-state index contributed by atoms with van der Waals surface area (Å²) in [7, 11) is 0. The number of nitrogens with two attached hydrogens (primary N) is 1. The molecule has 20 heavy (non-hydrogen) atoms. The first-order valence-electron chi connectivity index (χ1n) is 7.09. The van der Waals surface area contributed by atoms with Gasteiger partial charge in [0.2, 0.25) is 5.91 Å². The van der Waals surface area contributed by atoms with Gasteiger partial charge in [-0.25, -0.2) is 0 Å². The second-order valence-electron chi connectivity index (χ2n) is 6.01. The van der Waals surface area contributed by atoms with Crippen LogP contribution in [0.15, 0.2) is 24.3 Å². The third-order valence-corrected chi connectivity index (χ3v) is 3.94. The Morgan fingerprint density at radius 1 is 1.35 bits per heavy atom. The van der Waals surface area contributed by atoms with Gasteiger partial charge in [0.1, 0.15) is 0 Å². The standard InChI is InChI=1S/C16H25ClN2O/c1-12(13-6-4-5-7-14(13)17)19-15(20)8-9-16(2,3)10-11-18/h4-7,12H,8-11,18H2,1-3H3,(H,19,20). The first-order chi connectivity index (χ1) is 9.35. The van der Waals surface area contributed by atoms with Crippen molar-refractivity contribution in [2.45, 2.75) is 46.1 Å². The van der Waals surface area contributed by atoms with E-state index in [2.05, 4.69) is 19.2 Å². The molecule has 0 aliphatic heterocycles. The predicted octanol–water partition coefficient (Wildman–Crippen LogP) is 3.67. The maximum Gasteiger partial charge on any atom is 0.220 e. The van der Waals surface area contributed by atoms with Gasteiger partial charge in [0.15, 0.2) is 0 Å². The van der Waals surface area contributed by atoms with E-state index >= 15 is 0 Å². The Kier molecular flexibility index (Phi) is 6.50.